The van der Waals surface area contributed by atoms with E-state index in [9.17, 15) is 9.18 Å². The minimum Gasteiger partial charge on any atom is -0.441 e. The lowest BCUT2D eigenvalue weighted by atomic mass is 10.2. The number of carbonyl (C=O) groups is 1. The van der Waals surface area contributed by atoms with Crippen LogP contribution in [0, 0.1) is 17.1 Å². The standard InChI is InChI=1S/C16H16FN3O2/c1-20(10-2-9-18)16(21)8-7-15-19-11-14(22-15)12-3-5-13(17)6-4-12/h3-6,11H,2,7-8,10H2,1H3. The lowest BCUT2D eigenvalue weighted by molar-refractivity contribution is -0.129. The van der Waals surface area contributed by atoms with Crippen LogP contribution in [0.2, 0.25) is 0 Å². The van der Waals surface area contributed by atoms with Crippen LogP contribution >= 0.6 is 0 Å². The van der Waals surface area contributed by atoms with Crippen molar-refractivity contribution in [3.05, 3.63) is 42.2 Å². The number of nitrogens with zero attached hydrogens (tertiary/aromatic N) is 3. The van der Waals surface area contributed by atoms with Crippen molar-refractivity contribution in [3.63, 3.8) is 0 Å². The van der Waals surface area contributed by atoms with Crippen molar-refractivity contribution in [1.29, 1.82) is 5.26 Å². The molecule has 1 heterocycles. The molecule has 5 nitrogen and oxygen atoms in total. The van der Waals surface area contributed by atoms with Crippen molar-refractivity contribution in [2.75, 3.05) is 13.6 Å². The molecule has 2 aromatic rings. The molecule has 0 fully saturated rings. The zero-order valence-electron chi connectivity index (χ0n) is 12.3. The SMILES string of the molecule is CN(CCC#N)C(=O)CCc1ncc(-c2ccc(F)cc2)o1. The number of rotatable bonds is 6. The van der Waals surface area contributed by atoms with E-state index < -0.39 is 0 Å². The first-order valence-electron chi connectivity index (χ1n) is 6.91. The fourth-order valence-corrected chi connectivity index (χ4v) is 1.92. The van der Waals surface area contributed by atoms with Crippen molar-refractivity contribution in [1.82, 2.24) is 9.88 Å². The van der Waals surface area contributed by atoms with Gasteiger partial charge < -0.3 is 9.32 Å². The summed E-state index contributed by atoms with van der Waals surface area (Å²) in [4.78, 5) is 17.5. The third kappa shape index (κ3) is 4.16. The summed E-state index contributed by atoms with van der Waals surface area (Å²) < 4.78 is 18.4. The van der Waals surface area contributed by atoms with Gasteiger partial charge in [-0.25, -0.2) is 9.37 Å². The summed E-state index contributed by atoms with van der Waals surface area (Å²) in [6.07, 6.45) is 2.53. The predicted molar refractivity (Wildman–Crippen MR) is 78.1 cm³/mol. The van der Waals surface area contributed by atoms with Crippen LogP contribution in [-0.4, -0.2) is 29.4 Å². The van der Waals surface area contributed by atoms with Gasteiger partial charge in [0.25, 0.3) is 0 Å². The molecule has 0 N–H and O–H groups in total. The Bertz CT molecular complexity index is 673. The molecule has 0 radical (unpaired) electrons. The largest absolute Gasteiger partial charge is 0.441 e. The maximum Gasteiger partial charge on any atom is 0.222 e. The van der Waals surface area contributed by atoms with E-state index in [4.69, 9.17) is 9.68 Å². The van der Waals surface area contributed by atoms with Gasteiger partial charge in [-0.3, -0.25) is 4.79 Å². The number of benzene rings is 1. The summed E-state index contributed by atoms with van der Waals surface area (Å²) in [7, 11) is 1.67. The molecule has 114 valence electrons. The molecule has 0 saturated carbocycles. The van der Waals surface area contributed by atoms with Crippen LogP contribution in [0.5, 0.6) is 0 Å². The highest BCUT2D eigenvalue weighted by Gasteiger charge is 2.12. The normalized spacial score (nSPS) is 10.2. The maximum atomic E-state index is 12.9. The molecule has 6 heteroatoms. The molecular formula is C16H16FN3O2. The van der Waals surface area contributed by atoms with Gasteiger partial charge in [0.2, 0.25) is 5.91 Å². The first-order valence-corrected chi connectivity index (χ1v) is 6.91. The van der Waals surface area contributed by atoms with Gasteiger partial charge in [-0.05, 0) is 24.3 Å². The van der Waals surface area contributed by atoms with Gasteiger partial charge in [0.1, 0.15) is 5.82 Å². The topological polar surface area (TPSA) is 70.1 Å². The van der Waals surface area contributed by atoms with Gasteiger partial charge in [-0.15, -0.1) is 0 Å². The van der Waals surface area contributed by atoms with Gasteiger partial charge in [-0.1, -0.05) is 0 Å². The van der Waals surface area contributed by atoms with E-state index in [1.807, 2.05) is 6.07 Å². The summed E-state index contributed by atoms with van der Waals surface area (Å²) in [5.41, 5.74) is 0.734. The molecule has 1 aromatic heterocycles. The molecule has 0 saturated heterocycles. The number of hydrogen-bond acceptors (Lipinski definition) is 4. The van der Waals surface area contributed by atoms with Crippen molar-refractivity contribution in [2.45, 2.75) is 19.3 Å². The van der Waals surface area contributed by atoms with Crippen molar-refractivity contribution >= 4 is 5.91 Å². The Labute approximate surface area is 128 Å². The number of aromatic nitrogens is 1. The van der Waals surface area contributed by atoms with Crippen LogP contribution in [0.15, 0.2) is 34.9 Å². The smallest absolute Gasteiger partial charge is 0.222 e. The van der Waals surface area contributed by atoms with Gasteiger partial charge >= 0.3 is 0 Å². The van der Waals surface area contributed by atoms with E-state index in [0.29, 0.717) is 31.0 Å². The van der Waals surface area contributed by atoms with Gasteiger partial charge in [0.15, 0.2) is 11.7 Å². The average molecular weight is 301 g/mol. The summed E-state index contributed by atoms with van der Waals surface area (Å²) in [5.74, 6) is 0.632. The molecule has 0 atom stereocenters. The molecule has 0 unspecified atom stereocenters. The average Bonchev–Trinajstić information content (AvgIpc) is 2.99. The zero-order chi connectivity index (χ0) is 15.9. The molecule has 0 aliphatic carbocycles. The van der Waals surface area contributed by atoms with E-state index in [-0.39, 0.29) is 18.1 Å². The van der Waals surface area contributed by atoms with Gasteiger partial charge in [0, 0.05) is 32.0 Å². The number of carbonyl (C=O) groups excluding carboxylic acids is 1. The van der Waals surface area contributed by atoms with Crippen molar-refractivity contribution in [3.8, 4) is 17.4 Å². The quantitative estimate of drug-likeness (QED) is 0.822. The second-order valence-corrected chi connectivity index (χ2v) is 4.85. The Morgan fingerprint density at radius 1 is 1.41 bits per heavy atom. The van der Waals surface area contributed by atoms with E-state index in [2.05, 4.69) is 4.98 Å². The zero-order valence-corrected chi connectivity index (χ0v) is 12.3. The molecule has 0 aliphatic rings. The number of halogens is 1. The molecule has 0 bridgehead atoms. The van der Waals surface area contributed by atoms with Crippen LogP contribution in [0.3, 0.4) is 0 Å². The Morgan fingerprint density at radius 3 is 2.82 bits per heavy atom. The highest BCUT2D eigenvalue weighted by molar-refractivity contribution is 5.76. The Kier molecular flexibility index (Phi) is 5.26. The van der Waals surface area contributed by atoms with E-state index in [1.165, 1.54) is 17.0 Å². The van der Waals surface area contributed by atoms with E-state index in [0.717, 1.165) is 5.56 Å². The molecule has 2 rings (SSSR count). The molecule has 22 heavy (non-hydrogen) atoms. The first-order chi connectivity index (χ1) is 10.6. The fraction of sp³-hybridized carbons (Fsp3) is 0.312. The summed E-state index contributed by atoms with van der Waals surface area (Å²) in [5, 5.41) is 8.50. The van der Waals surface area contributed by atoms with E-state index >= 15 is 0 Å². The van der Waals surface area contributed by atoms with Crippen LogP contribution in [0.25, 0.3) is 11.3 Å². The van der Waals surface area contributed by atoms with Crippen LogP contribution in [-0.2, 0) is 11.2 Å². The van der Waals surface area contributed by atoms with Crippen molar-refractivity contribution < 1.29 is 13.6 Å². The predicted octanol–water partition coefficient (Wildman–Crippen LogP) is 2.79. The van der Waals surface area contributed by atoms with E-state index in [1.54, 1.807) is 25.4 Å². The Balaban J connectivity index is 1.91. The minimum absolute atomic E-state index is 0.0585. The number of oxazole rings is 1. The van der Waals surface area contributed by atoms with Crippen LogP contribution in [0.4, 0.5) is 4.39 Å². The van der Waals surface area contributed by atoms with Crippen LogP contribution < -0.4 is 0 Å². The van der Waals surface area contributed by atoms with Crippen LogP contribution in [0.1, 0.15) is 18.7 Å². The third-order valence-electron chi connectivity index (χ3n) is 3.22. The number of aryl methyl sites for hydroxylation is 1. The van der Waals surface area contributed by atoms with Gasteiger partial charge in [-0.2, -0.15) is 5.26 Å². The Hall–Kier alpha value is -2.68. The highest BCUT2D eigenvalue weighted by atomic mass is 19.1. The fourth-order valence-electron chi connectivity index (χ4n) is 1.92. The Morgan fingerprint density at radius 2 is 2.14 bits per heavy atom. The summed E-state index contributed by atoms with van der Waals surface area (Å²) in [6, 6.07) is 7.93. The first kappa shape index (κ1) is 15.7. The number of hydrogen-bond donors (Lipinski definition) is 0. The maximum absolute atomic E-state index is 12.9. The van der Waals surface area contributed by atoms with Gasteiger partial charge in [0.05, 0.1) is 18.7 Å². The lowest BCUT2D eigenvalue weighted by Crippen LogP contribution is -2.27. The summed E-state index contributed by atoms with van der Waals surface area (Å²) in [6.45, 7) is 0.418. The number of nitriles is 1. The number of amides is 1. The lowest BCUT2D eigenvalue weighted by Gasteiger charge is -2.14. The molecular weight excluding hydrogens is 285 g/mol. The van der Waals surface area contributed by atoms with Crippen molar-refractivity contribution in [2.24, 2.45) is 0 Å². The molecule has 1 aromatic carbocycles. The summed E-state index contributed by atoms with van der Waals surface area (Å²) >= 11 is 0. The molecule has 1 amide bonds. The highest BCUT2D eigenvalue weighted by Crippen LogP contribution is 2.21. The second kappa shape index (κ2) is 7.36. The minimum atomic E-state index is -0.311. The third-order valence-corrected chi connectivity index (χ3v) is 3.22. The second-order valence-electron chi connectivity index (χ2n) is 4.85. The monoisotopic (exact) mass is 301 g/mol. The molecule has 0 spiro atoms. The molecule has 0 aliphatic heterocycles.